The molecule has 0 saturated heterocycles. The molecule has 0 heterocycles. The second kappa shape index (κ2) is 3.06. The van der Waals surface area contributed by atoms with Crippen LogP contribution in [0.3, 0.4) is 0 Å². The molecule has 4 bridgehead atoms. The predicted molar refractivity (Wildman–Crippen MR) is 52.5 cm³/mol. The van der Waals surface area contributed by atoms with Gasteiger partial charge in [0.25, 0.3) is 0 Å². The average molecular weight is 193 g/mol. The summed E-state index contributed by atoms with van der Waals surface area (Å²) in [5.74, 6) is 2.69. The summed E-state index contributed by atoms with van der Waals surface area (Å²) in [5, 5.41) is 0. The van der Waals surface area contributed by atoms with Gasteiger partial charge in [0.15, 0.2) is 0 Å². The van der Waals surface area contributed by atoms with E-state index in [4.69, 9.17) is 4.74 Å². The lowest BCUT2D eigenvalue weighted by molar-refractivity contribution is -0.152. The van der Waals surface area contributed by atoms with Crippen LogP contribution < -0.4 is 0 Å². The molecular weight excluding hydrogens is 176 g/mol. The first-order valence-electron chi connectivity index (χ1n) is 5.79. The van der Waals surface area contributed by atoms with Crippen molar-refractivity contribution in [1.82, 2.24) is 0 Å². The fraction of sp³-hybridized carbons (Fsp3) is 0.917. The molecule has 4 aliphatic carbocycles. The molecule has 0 atom stereocenters. The summed E-state index contributed by atoms with van der Waals surface area (Å²) in [6.07, 6.45) is 9.77. The van der Waals surface area contributed by atoms with Crippen LogP contribution in [-0.2, 0) is 9.53 Å². The highest BCUT2D eigenvalue weighted by molar-refractivity contribution is 5.51. The summed E-state index contributed by atoms with van der Waals surface area (Å²) in [6, 6.07) is 0. The molecule has 77 valence electrons. The maximum absolute atomic E-state index is 10.2. The van der Waals surface area contributed by atoms with Gasteiger partial charge in [-0.05, 0) is 56.3 Å². The minimum atomic E-state index is 0.0894. The molecule has 0 aromatic carbocycles. The van der Waals surface area contributed by atoms with Crippen molar-refractivity contribution in [3.8, 4) is 0 Å². The smallest absolute Gasteiger partial charge is 0.226 e. The van der Waals surface area contributed by atoms with E-state index in [1.165, 1.54) is 38.5 Å². The Balaban J connectivity index is 1.77. The minimum absolute atomic E-state index is 0.0894. The third kappa shape index (κ3) is 1.31. The van der Waals surface area contributed by atoms with E-state index in [-0.39, 0.29) is 12.2 Å². The lowest BCUT2D eigenvalue weighted by Crippen LogP contribution is -2.52. The second-order valence-electron chi connectivity index (χ2n) is 5.53. The van der Waals surface area contributed by atoms with E-state index in [9.17, 15) is 4.79 Å². The summed E-state index contributed by atoms with van der Waals surface area (Å²) >= 11 is 0. The predicted octanol–water partition coefficient (Wildman–Crippen LogP) is 2.08. The topological polar surface area (TPSA) is 26.3 Å². The van der Waals surface area contributed by atoms with Crippen LogP contribution in [0.25, 0.3) is 0 Å². The van der Waals surface area contributed by atoms with Crippen LogP contribution in [0.4, 0.5) is 0 Å². The summed E-state index contributed by atoms with van der Waals surface area (Å²) < 4.78 is 5.77. The van der Waals surface area contributed by atoms with Gasteiger partial charge in [0, 0.05) is 0 Å². The second-order valence-corrected chi connectivity index (χ2v) is 5.53. The van der Waals surface area contributed by atoms with Gasteiger partial charge in [-0.3, -0.25) is 4.79 Å². The number of carbonyl (C=O) groups excluding carboxylic acids is 1. The van der Waals surface area contributed by atoms with Crippen LogP contribution in [-0.4, -0.2) is 18.5 Å². The highest BCUT2D eigenvalue weighted by atomic mass is 16.5. The molecule has 4 aliphatic rings. The van der Waals surface area contributed by atoms with Crippen LogP contribution in [0, 0.1) is 17.8 Å². The summed E-state index contributed by atoms with van der Waals surface area (Å²) in [5.41, 5.74) is 0.0894. The molecule has 0 aliphatic heterocycles. The van der Waals surface area contributed by atoms with Gasteiger partial charge in [-0.25, -0.2) is 0 Å². The molecule has 4 rings (SSSR count). The first kappa shape index (κ1) is 8.90. The molecule has 0 aromatic rings. The van der Waals surface area contributed by atoms with Crippen molar-refractivity contribution >= 4 is 6.29 Å². The van der Waals surface area contributed by atoms with Gasteiger partial charge in [0.2, 0.25) is 6.29 Å². The van der Waals surface area contributed by atoms with E-state index >= 15 is 0 Å². The summed E-state index contributed by atoms with van der Waals surface area (Å²) in [7, 11) is 0. The Bertz CT molecular complexity index is 211. The Kier molecular flexibility index (Phi) is 1.94. The minimum Gasteiger partial charge on any atom is -0.367 e. The molecule has 14 heavy (non-hydrogen) atoms. The Morgan fingerprint density at radius 1 is 1.07 bits per heavy atom. The van der Waals surface area contributed by atoms with Crippen molar-refractivity contribution in [2.45, 2.75) is 44.1 Å². The van der Waals surface area contributed by atoms with E-state index in [1.54, 1.807) is 0 Å². The van der Waals surface area contributed by atoms with Crippen molar-refractivity contribution in [2.24, 2.45) is 17.8 Å². The molecule has 0 spiro atoms. The largest absolute Gasteiger partial charge is 0.367 e. The van der Waals surface area contributed by atoms with Crippen molar-refractivity contribution in [2.75, 3.05) is 6.61 Å². The van der Waals surface area contributed by atoms with Gasteiger partial charge >= 0.3 is 0 Å². The van der Waals surface area contributed by atoms with Gasteiger partial charge in [-0.15, -0.1) is 0 Å². The van der Waals surface area contributed by atoms with Gasteiger partial charge in [0.1, 0.15) is 6.61 Å². The monoisotopic (exact) mass is 193 g/mol. The van der Waals surface area contributed by atoms with E-state index in [1.807, 2.05) is 6.29 Å². The number of hydrogen-bond donors (Lipinski definition) is 0. The van der Waals surface area contributed by atoms with Crippen LogP contribution in [0.5, 0.6) is 0 Å². The summed E-state index contributed by atoms with van der Waals surface area (Å²) in [6.45, 7) is 0.187. The molecule has 0 N–H and O–H groups in total. The first-order chi connectivity index (χ1) is 6.80. The van der Waals surface area contributed by atoms with Gasteiger partial charge in [0.05, 0.1) is 5.60 Å². The molecule has 2 nitrogen and oxygen atoms in total. The highest BCUT2D eigenvalue weighted by Gasteiger charge is 2.51. The van der Waals surface area contributed by atoms with Gasteiger partial charge in [-0.1, -0.05) is 0 Å². The molecule has 1 radical (unpaired) electrons. The quantitative estimate of drug-likeness (QED) is 0.686. The van der Waals surface area contributed by atoms with Crippen molar-refractivity contribution in [1.29, 1.82) is 0 Å². The Labute approximate surface area is 85.0 Å². The SMILES string of the molecule is O=[C]COC12CC3CC(CC(C3)C1)C2. The van der Waals surface area contributed by atoms with Gasteiger partial charge in [-0.2, -0.15) is 0 Å². The molecule has 4 saturated carbocycles. The fourth-order valence-corrected chi connectivity index (χ4v) is 4.39. The Morgan fingerprint density at radius 3 is 2.00 bits per heavy atom. The lowest BCUT2D eigenvalue weighted by Gasteiger charge is -2.56. The van der Waals surface area contributed by atoms with Crippen LogP contribution in [0.15, 0.2) is 0 Å². The third-order valence-electron chi connectivity index (χ3n) is 4.42. The van der Waals surface area contributed by atoms with Crippen molar-refractivity contribution in [3.05, 3.63) is 0 Å². The van der Waals surface area contributed by atoms with Crippen molar-refractivity contribution < 1.29 is 9.53 Å². The van der Waals surface area contributed by atoms with Crippen molar-refractivity contribution in [3.63, 3.8) is 0 Å². The van der Waals surface area contributed by atoms with E-state index in [2.05, 4.69) is 0 Å². The molecule has 0 amide bonds. The Hall–Kier alpha value is -0.370. The zero-order valence-corrected chi connectivity index (χ0v) is 8.50. The standard InChI is InChI=1S/C12H17O2/c13-1-2-14-12-6-9-3-10(7-12)5-11(4-9)8-12/h9-11H,2-8H2. The highest BCUT2D eigenvalue weighted by Crippen LogP contribution is 2.56. The van der Waals surface area contributed by atoms with Crippen LogP contribution >= 0.6 is 0 Å². The number of ether oxygens (including phenoxy) is 1. The average Bonchev–Trinajstić information content (AvgIpc) is 2.12. The maximum Gasteiger partial charge on any atom is 0.226 e. The normalized spacial score (nSPS) is 49.6. The van der Waals surface area contributed by atoms with E-state index in [0.717, 1.165) is 17.8 Å². The number of rotatable bonds is 3. The Morgan fingerprint density at radius 2 is 1.57 bits per heavy atom. The third-order valence-corrected chi connectivity index (χ3v) is 4.42. The molecule has 4 fully saturated rings. The zero-order chi connectivity index (χ0) is 9.60. The van der Waals surface area contributed by atoms with Gasteiger partial charge < -0.3 is 4.74 Å². The number of hydrogen-bond acceptors (Lipinski definition) is 2. The van der Waals surface area contributed by atoms with Crippen LogP contribution in [0.2, 0.25) is 0 Å². The van der Waals surface area contributed by atoms with E-state index < -0.39 is 0 Å². The molecule has 0 unspecified atom stereocenters. The summed E-state index contributed by atoms with van der Waals surface area (Å²) in [4.78, 5) is 10.2. The zero-order valence-electron chi connectivity index (χ0n) is 8.50. The molecule has 0 aromatic heterocycles. The fourth-order valence-electron chi connectivity index (χ4n) is 4.39. The lowest BCUT2D eigenvalue weighted by atomic mass is 9.54. The first-order valence-corrected chi connectivity index (χ1v) is 5.79. The van der Waals surface area contributed by atoms with Crippen LogP contribution in [0.1, 0.15) is 38.5 Å². The molecule has 2 heteroatoms. The molecular formula is C12H17O2. The maximum atomic E-state index is 10.2. The van der Waals surface area contributed by atoms with E-state index in [0.29, 0.717) is 0 Å².